The van der Waals surface area contributed by atoms with Crippen molar-refractivity contribution >= 4 is 40.3 Å². The number of nitrogens with one attached hydrogen (secondary N) is 1. The first-order valence-electron chi connectivity index (χ1n) is 22.3. The van der Waals surface area contributed by atoms with E-state index in [0.717, 1.165) is 136 Å². The Morgan fingerprint density at radius 3 is 2.19 bits per heavy atom. The largest absolute Gasteiger partial charge is 0.457 e. The highest BCUT2D eigenvalue weighted by molar-refractivity contribution is 6.05. The molecule has 0 aliphatic carbocycles. The van der Waals surface area contributed by atoms with Crippen LogP contribution in [0.1, 0.15) is 60.5 Å². The van der Waals surface area contributed by atoms with Crippen molar-refractivity contribution in [1.29, 1.82) is 0 Å². The van der Waals surface area contributed by atoms with Gasteiger partial charge in [0.05, 0.1) is 11.4 Å². The molecule has 0 radical (unpaired) electrons. The number of ether oxygens (including phenoxy) is 1. The van der Waals surface area contributed by atoms with Gasteiger partial charge in [-0.2, -0.15) is 5.10 Å². The Balaban J connectivity index is 0.662. The molecular weight excluding hydrogens is 783 g/mol. The molecule has 3 N–H and O–H groups in total. The maximum absolute atomic E-state index is 13.2. The fraction of sp³-hybridized carbons (Fsp3) is 0.447. The summed E-state index contributed by atoms with van der Waals surface area (Å²) in [6.07, 6.45) is 6.71. The van der Waals surface area contributed by atoms with Gasteiger partial charge in [0.1, 0.15) is 35.4 Å². The minimum absolute atomic E-state index is 0.123. The van der Waals surface area contributed by atoms with Crippen molar-refractivity contribution in [3.8, 4) is 22.8 Å². The van der Waals surface area contributed by atoms with Gasteiger partial charge in [-0.15, -0.1) is 0 Å². The third-order valence-electron chi connectivity index (χ3n) is 13.7. The van der Waals surface area contributed by atoms with Crippen LogP contribution in [0.25, 0.3) is 22.3 Å². The van der Waals surface area contributed by atoms with E-state index in [1.165, 1.54) is 12.8 Å². The van der Waals surface area contributed by atoms with Crippen LogP contribution in [0.2, 0.25) is 0 Å². The lowest BCUT2D eigenvalue weighted by Crippen LogP contribution is -2.52. The lowest BCUT2D eigenvalue weighted by atomic mass is 9.94. The number of nitrogens with two attached hydrogens (primary N) is 1. The summed E-state index contributed by atoms with van der Waals surface area (Å²) >= 11 is 0. The molecule has 7 heterocycles. The number of piperazine rings is 1. The fourth-order valence-corrected chi connectivity index (χ4v) is 10.1. The maximum Gasteiger partial charge on any atom is 0.255 e. The minimum Gasteiger partial charge on any atom is -0.457 e. The number of carbonyl (C=O) groups excluding carboxylic acids is 3. The summed E-state index contributed by atoms with van der Waals surface area (Å²) in [5.74, 6) is 1.96. The number of amides is 3. The van der Waals surface area contributed by atoms with Gasteiger partial charge in [-0.05, 0) is 111 Å². The number of aromatic nitrogens is 4. The molecule has 62 heavy (non-hydrogen) atoms. The van der Waals surface area contributed by atoms with Gasteiger partial charge < -0.3 is 30.1 Å². The zero-order valence-corrected chi connectivity index (χ0v) is 35.2. The van der Waals surface area contributed by atoms with Crippen molar-refractivity contribution in [3.05, 3.63) is 90.3 Å². The minimum atomic E-state index is -0.588. The number of benzene rings is 3. The average Bonchev–Trinajstić information content (AvgIpc) is 3.85. The Morgan fingerprint density at radius 2 is 1.45 bits per heavy atom. The molecule has 322 valence electrons. The molecule has 5 aliphatic heterocycles. The summed E-state index contributed by atoms with van der Waals surface area (Å²) in [5, 5.41) is 8.33. The van der Waals surface area contributed by atoms with Gasteiger partial charge in [-0.25, -0.2) is 14.6 Å². The van der Waals surface area contributed by atoms with Crippen molar-refractivity contribution < 1.29 is 19.1 Å². The molecule has 1 unspecified atom stereocenters. The van der Waals surface area contributed by atoms with E-state index in [-0.39, 0.29) is 30.2 Å². The number of fused-ring (bicyclic) bond motifs is 2. The number of carbonyl (C=O) groups is 3. The van der Waals surface area contributed by atoms with Gasteiger partial charge >= 0.3 is 0 Å². The first-order valence-corrected chi connectivity index (χ1v) is 22.3. The standard InChI is InChI=1S/C47H55N11O4/c48-44-42-43(33-6-9-38(10-7-33)62-37-4-2-1-3-5-37)52-58(45(42)50-31-49-44)35-16-20-55(21-17-35)29-32-14-18-53(19-15-32)22-23-54-24-26-56(27-25-54)36-8-11-39-34(28-36)30-57(47(39)61)40-12-13-41(59)51-46(40)60/h1-11,28,31-32,35,40H,12-27,29-30H2,(H2,48,49,50)(H,51,59,60). The fourth-order valence-electron chi connectivity index (χ4n) is 10.1. The molecule has 15 heteroatoms. The quantitative estimate of drug-likeness (QED) is 0.176. The Labute approximate surface area is 361 Å². The smallest absolute Gasteiger partial charge is 0.255 e. The third kappa shape index (κ3) is 8.36. The third-order valence-corrected chi connectivity index (χ3v) is 13.7. The van der Waals surface area contributed by atoms with Gasteiger partial charge in [0.2, 0.25) is 11.8 Å². The van der Waals surface area contributed by atoms with Crippen LogP contribution >= 0.6 is 0 Å². The normalized spacial score (nSPS) is 21.2. The molecule has 5 aromatic rings. The summed E-state index contributed by atoms with van der Waals surface area (Å²) in [5.41, 5.74) is 11.8. The van der Waals surface area contributed by atoms with Crippen LogP contribution in [0.3, 0.4) is 0 Å². The Hall–Kier alpha value is -5.90. The molecule has 0 saturated carbocycles. The number of imide groups is 1. The number of hydrogen-bond donors (Lipinski definition) is 2. The summed E-state index contributed by atoms with van der Waals surface area (Å²) in [4.78, 5) is 58.2. The molecule has 10 rings (SSSR count). The molecular formula is C47H55N11O4. The van der Waals surface area contributed by atoms with Gasteiger partial charge in [-0.3, -0.25) is 24.6 Å². The predicted molar refractivity (Wildman–Crippen MR) is 237 cm³/mol. The number of para-hydroxylation sites is 1. The zero-order valence-electron chi connectivity index (χ0n) is 35.2. The molecule has 0 spiro atoms. The van der Waals surface area contributed by atoms with Crippen LogP contribution in [-0.4, -0.2) is 135 Å². The van der Waals surface area contributed by atoms with Crippen molar-refractivity contribution in [3.63, 3.8) is 0 Å². The number of rotatable bonds is 11. The molecule has 1 atom stereocenters. The van der Waals surface area contributed by atoms with Gasteiger partial charge in [-0.1, -0.05) is 18.2 Å². The topological polar surface area (TPSA) is 158 Å². The Morgan fingerprint density at radius 1 is 0.742 bits per heavy atom. The summed E-state index contributed by atoms with van der Waals surface area (Å²) < 4.78 is 8.12. The number of likely N-dealkylation sites (tertiary alicyclic amines) is 2. The second-order valence-electron chi connectivity index (χ2n) is 17.6. The van der Waals surface area contributed by atoms with Crippen LogP contribution in [0.5, 0.6) is 11.5 Å². The molecule has 2 aromatic heterocycles. The summed E-state index contributed by atoms with van der Waals surface area (Å²) in [6.45, 7) is 12.1. The molecule has 4 fully saturated rings. The average molecular weight is 838 g/mol. The van der Waals surface area contributed by atoms with Crippen LogP contribution < -0.4 is 20.7 Å². The molecule has 5 aliphatic rings. The Bertz CT molecular complexity index is 2420. The lowest BCUT2D eigenvalue weighted by molar-refractivity contribution is -0.136. The lowest BCUT2D eigenvalue weighted by Gasteiger charge is -2.39. The number of hydrogen-bond acceptors (Lipinski definition) is 12. The van der Waals surface area contributed by atoms with Crippen molar-refractivity contribution in [1.82, 2.24) is 44.7 Å². The zero-order chi connectivity index (χ0) is 42.2. The van der Waals surface area contributed by atoms with Crippen LogP contribution in [0.15, 0.2) is 79.1 Å². The van der Waals surface area contributed by atoms with Crippen LogP contribution in [0, 0.1) is 5.92 Å². The maximum atomic E-state index is 13.2. The second-order valence-corrected chi connectivity index (χ2v) is 17.6. The highest BCUT2D eigenvalue weighted by Gasteiger charge is 2.39. The molecule has 4 saturated heterocycles. The number of nitrogen functional groups attached to an aromatic ring is 1. The first-order chi connectivity index (χ1) is 30.3. The van der Waals surface area contributed by atoms with E-state index < -0.39 is 6.04 Å². The highest BCUT2D eigenvalue weighted by Crippen LogP contribution is 2.36. The first kappa shape index (κ1) is 40.2. The summed E-state index contributed by atoms with van der Waals surface area (Å²) in [7, 11) is 0. The van der Waals surface area contributed by atoms with Gasteiger partial charge in [0.15, 0.2) is 5.65 Å². The summed E-state index contributed by atoms with van der Waals surface area (Å²) in [6, 6.07) is 23.5. The van der Waals surface area contributed by atoms with Crippen LogP contribution in [-0.2, 0) is 16.1 Å². The molecule has 0 bridgehead atoms. The Kier molecular flexibility index (Phi) is 11.3. The second kappa shape index (κ2) is 17.5. The predicted octanol–water partition coefficient (Wildman–Crippen LogP) is 4.80. The molecule has 3 aromatic carbocycles. The number of nitrogens with zero attached hydrogens (tertiary/aromatic N) is 9. The molecule has 15 nitrogen and oxygen atoms in total. The van der Waals surface area contributed by atoms with Crippen molar-refractivity contribution in [2.24, 2.45) is 5.92 Å². The van der Waals surface area contributed by atoms with E-state index in [4.69, 9.17) is 15.6 Å². The van der Waals surface area contributed by atoms with E-state index >= 15 is 0 Å². The van der Waals surface area contributed by atoms with Crippen molar-refractivity contribution in [2.75, 3.05) is 82.6 Å². The van der Waals surface area contributed by atoms with Gasteiger partial charge in [0.25, 0.3) is 5.91 Å². The van der Waals surface area contributed by atoms with E-state index in [1.807, 2.05) is 66.7 Å². The monoisotopic (exact) mass is 837 g/mol. The number of piperidine rings is 3. The van der Waals surface area contributed by atoms with E-state index in [1.54, 1.807) is 11.2 Å². The van der Waals surface area contributed by atoms with Crippen molar-refractivity contribution in [2.45, 2.75) is 57.2 Å². The van der Waals surface area contributed by atoms with E-state index in [9.17, 15) is 14.4 Å². The van der Waals surface area contributed by atoms with Gasteiger partial charge in [0, 0.05) is 88.7 Å². The number of anilines is 2. The SMILES string of the molecule is Nc1ncnc2c1c(-c1ccc(Oc3ccccc3)cc1)nn2C1CCN(CC2CCN(CCN3CCN(c4ccc5c(c4)CN(C4CCC(=O)NC4=O)C5=O)CC3)CC2)CC1. The van der Waals surface area contributed by atoms with Crippen LogP contribution in [0.4, 0.5) is 11.5 Å². The van der Waals surface area contributed by atoms with E-state index in [0.29, 0.717) is 24.3 Å². The van der Waals surface area contributed by atoms with E-state index in [2.05, 4.69) is 45.6 Å². The molecule has 3 amide bonds. The highest BCUT2D eigenvalue weighted by atomic mass is 16.5.